The number of hydrogen-bond donors (Lipinski definition) is 1. The van der Waals surface area contributed by atoms with Crippen LogP contribution >= 0.6 is 11.6 Å². The number of aromatic nitrogens is 1. The number of aryl methyl sites for hydroxylation is 1. The Hall–Kier alpha value is -3.06. The molecule has 0 saturated carbocycles. The summed E-state index contributed by atoms with van der Waals surface area (Å²) in [4.78, 5) is 13.1. The third-order valence-corrected chi connectivity index (χ3v) is 5.02. The fraction of sp³-hybridized carbons (Fsp3) is 0.304. The van der Waals surface area contributed by atoms with Crippen LogP contribution in [0.15, 0.2) is 40.9 Å². The smallest absolute Gasteiger partial charge is 0.257 e. The van der Waals surface area contributed by atoms with Gasteiger partial charge in [-0.2, -0.15) is 0 Å². The van der Waals surface area contributed by atoms with Crippen molar-refractivity contribution in [1.29, 1.82) is 0 Å². The van der Waals surface area contributed by atoms with Gasteiger partial charge in [0.2, 0.25) is 0 Å². The van der Waals surface area contributed by atoms with Crippen LogP contribution in [0.4, 0.5) is 4.39 Å². The Morgan fingerprint density at radius 3 is 2.58 bits per heavy atom. The zero-order valence-corrected chi connectivity index (χ0v) is 18.5. The van der Waals surface area contributed by atoms with Crippen LogP contribution in [0.1, 0.15) is 48.5 Å². The van der Waals surface area contributed by atoms with Gasteiger partial charge in [-0.1, -0.05) is 28.9 Å². The molecular weight excluding hydrogens is 423 g/mol. The molecular formula is C23H24ClFN2O4. The summed E-state index contributed by atoms with van der Waals surface area (Å²) in [7, 11) is 0. The minimum atomic E-state index is -0.587. The summed E-state index contributed by atoms with van der Waals surface area (Å²) < 4.78 is 30.8. The average Bonchev–Trinajstić information content (AvgIpc) is 3.10. The van der Waals surface area contributed by atoms with Crippen molar-refractivity contribution < 1.29 is 23.2 Å². The first kappa shape index (κ1) is 22.6. The van der Waals surface area contributed by atoms with Gasteiger partial charge in [0.25, 0.3) is 5.91 Å². The lowest BCUT2D eigenvalue weighted by atomic mass is 10.0. The Kier molecular flexibility index (Phi) is 7.17. The molecule has 1 heterocycles. The molecule has 1 atom stereocenters. The minimum Gasteiger partial charge on any atom is -0.490 e. The maximum atomic E-state index is 14.4. The largest absolute Gasteiger partial charge is 0.490 e. The van der Waals surface area contributed by atoms with Gasteiger partial charge < -0.3 is 19.3 Å². The summed E-state index contributed by atoms with van der Waals surface area (Å²) in [6.07, 6.45) is 0. The van der Waals surface area contributed by atoms with Crippen LogP contribution < -0.4 is 14.8 Å². The van der Waals surface area contributed by atoms with E-state index in [1.807, 2.05) is 39.0 Å². The van der Waals surface area contributed by atoms with Crippen LogP contribution in [0.25, 0.3) is 11.3 Å². The summed E-state index contributed by atoms with van der Waals surface area (Å²) >= 11 is 6.16. The number of ether oxygens (including phenoxy) is 2. The van der Waals surface area contributed by atoms with E-state index in [-0.39, 0.29) is 33.6 Å². The molecule has 0 aliphatic rings. The van der Waals surface area contributed by atoms with E-state index < -0.39 is 11.7 Å². The third kappa shape index (κ3) is 4.82. The van der Waals surface area contributed by atoms with Gasteiger partial charge in [-0.05, 0) is 57.5 Å². The molecule has 0 aliphatic heterocycles. The molecule has 164 valence electrons. The Morgan fingerprint density at radius 2 is 1.90 bits per heavy atom. The number of hydrogen-bond acceptors (Lipinski definition) is 5. The molecule has 8 heteroatoms. The number of nitrogens with one attached hydrogen (secondary N) is 1. The summed E-state index contributed by atoms with van der Waals surface area (Å²) in [5.74, 6) is 0.463. The first-order valence-corrected chi connectivity index (χ1v) is 10.4. The van der Waals surface area contributed by atoms with E-state index in [1.165, 1.54) is 18.2 Å². The maximum absolute atomic E-state index is 14.4. The first-order chi connectivity index (χ1) is 14.9. The SMILES string of the molecule is CCOc1ccc(C(C)NC(=O)c2c(-c3c(F)cccc3Cl)noc2C)cc1OCC. The van der Waals surface area contributed by atoms with Crippen LogP contribution in [-0.2, 0) is 0 Å². The van der Waals surface area contributed by atoms with E-state index in [9.17, 15) is 9.18 Å². The fourth-order valence-corrected chi connectivity index (χ4v) is 3.48. The molecule has 0 saturated heterocycles. The Balaban J connectivity index is 1.89. The lowest BCUT2D eigenvalue weighted by Gasteiger charge is -2.17. The molecule has 0 spiro atoms. The number of rotatable bonds is 8. The van der Waals surface area contributed by atoms with Crippen LogP contribution in [0.2, 0.25) is 5.02 Å². The number of carbonyl (C=O) groups is 1. The highest BCUT2D eigenvalue weighted by Crippen LogP contribution is 2.34. The van der Waals surface area contributed by atoms with Crippen LogP contribution in [0, 0.1) is 12.7 Å². The van der Waals surface area contributed by atoms with Crippen LogP contribution in [0.5, 0.6) is 11.5 Å². The second-order valence-corrected chi connectivity index (χ2v) is 7.23. The van der Waals surface area contributed by atoms with Crippen molar-refractivity contribution >= 4 is 17.5 Å². The summed E-state index contributed by atoms with van der Waals surface area (Å²) in [6, 6.07) is 9.39. The third-order valence-electron chi connectivity index (χ3n) is 4.70. The highest BCUT2D eigenvalue weighted by Gasteiger charge is 2.26. The molecule has 1 aromatic heterocycles. The number of benzene rings is 2. The lowest BCUT2D eigenvalue weighted by molar-refractivity contribution is 0.0939. The molecule has 1 amide bonds. The number of amides is 1. The Morgan fingerprint density at radius 1 is 1.19 bits per heavy atom. The van der Waals surface area contributed by atoms with Crippen molar-refractivity contribution in [2.45, 2.75) is 33.7 Å². The predicted octanol–water partition coefficient (Wildman–Crippen LogP) is 5.73. The second kappa shape index (κ2) is 9.83. The molecule has 6 nitrogen and oxygen atoms in total. The summed E-state index contributed by atoms with van der Waals surface area (Å²) in [5.41, 5.74) is 1.04. The van der Waals surface area contributed by atoms with Gasteiger partial charge in [0.05, 0.1) is 29.8 Å². The van der Waals surface area contributed by atoms with Gasteiger partial charge in [-0.15, -0.1) is 0 Å². The quantitative estimate of drug-likeness (QED) is 0.478. The monoisotopic (exact) mass is 446 g/mol. The first-order valence-electron chi connectivity index (χ1n) is 9.98. The normalized spacial score (nSPS) is 11.8. The van der Waals surface area contributed by atoms with Gasteiger partial charge in [0.15, 0.2) is 11.5 Å². The molecule has 2 aromatic carbocycles. The van der Waals surface area contributed by atoms with E-state index >= 15 is 0 Å². The molecule has 31 heavy (non-hydrogen) atoms. The molecule has 0 fully saturated rings. The average molecular weight is 447 g/mol. The van der Waals surface area contributed by atoms with Crippen molar-refractivity contribution in [3.63, 3.8) is 0 Å². The topological polar surface area (TPSA) is 73.6 Å². The predicted molar refractivity (Wildman–Crippen MR) is 116 cm³/mol. The van der Waals surface area contributed by atoms with Crippen LogP contribution in [0.3, 0.4) is 0 Å². The van der Waals surface area contributed by atoms with Crippen molar-refractivity contribution in [3.05, 3.63) is 64.1 Å². The number of nitrogens with zero attached hydrogens (tertiary/aromatic N) is 1. The summed E-state index contributed by atoms with van der Waals surface area (Å²) in [5, 5.41) is 6.93. The maximum Gasteiger partial charge on any atom is 0.257 e. The van der Waals surface area contributed by atoms with Gasteiger partial charge >= 0.3 is 0 Å². The van der Waals surface area contributed by atoms with E-state index in [0.29, 0.717) is 24.7 Å². The standard InChI is InChI=1S/C23H24ClFN2O4/c1-5-29-18-11-10-15(12-19(18)30-6-2)13(3)26-23(28)20-14(4)31-27-22(20)21-16(24)8-7-9-17(21)25/h7-13H,5-6H2,1-4H3,(H,26,28). The van der Waals surface area contributed by atoms with E-state index in [4.69, 9.17) is 25.6 Å². The van der Waals surface area contributed by atoms with Crippen molar-refractivity contribution in [2.75, 3.05) is 13.2 Å². The van der Waals surface area contributed by atoms with Gasteiger partial charge in [0, 0.05) is 0 Å². The number of carbonyl (C=O) groups excluding carboxylic acids is 1. The number of halogens is 2. The highest BCUT2D eigenvalue weighted by atomic mass is 35.5. The summed E-state index contributed by atoms with van der Waals surface area (Å²) in [6.45, 7) is 8.21. The van der Waals surface area contributed by atoms with Crippen LogP contribution in [-0.4, -0.2) is 24.3 Å². The molecule has 0 bridgehead atoms. The van der Waals surface area contributed by atoms with E-state index in [2.05, 4.69) is 10.5 Å². The Labute approximate surface area is 185 Å². The molecule has 1 unspecified atom stereocenters. The van der Waals surface area contributed by atoms with E-state index in [0.717, 1.165) is 5.56 Å². The van der Waals surface area contributed by atoms with Gasteiger partial charge in [-0.25, -0.2) is 4.39 Å². The Bertz CT molecular complexity index is 1060. The molecule has 1 N–H and O–H groups in total. The van der Waals surface area contributed by atoms with Crippen molar-refractivity contribution in [1.82, 2.24) is 10.5 Å². The molecule has 3 rings (SSSR count). The van der Waals surface area contributed by atoms with Gasteiger partial charge in [0.1, 0.15) is 22.8 Å². The molecule has 0 aliphatic carbocycles. The fourth-order valence-electron chi connectivity index (χ4n) is 3.22. The zero-order chi connectivity index (χ0) is 22.5. The second-order valence-electron chi connectivity index (χ2n) is 6.83. The zero-order valence-electron chi connectivity index (χ0n) is 17.8. The lowest BCUT2D eigenvalue weighted by Crippen LogP contribution is -2.27. The molecule has 3 aromatic rings. The van der Waals surface area contributed by atoms with Crippen molar-refractivity contribution in [3.8, 4) is 22.8 Å². The van der Waals surface area contributed by atoms with Crippen molar-refractivity contribution in [2.24, 2.45) is 0 Å². The van der Waals surface area contributed by atoms with E-state index in [1.54, 1.807) is 6.92 Å². The molecule has 0 radical (unpaired) electrons. The van der Waals surface area contributed by atoms with Gasteiger partial charge in [-0.3, -0.25) is 4.79 Å². The minimum absolute atomic E-state index is 0.0264. The highest BCUT2D eigenvalue weighted by molar-refractivity contribution is 6.33.